The molecular formula is C32H42. The number of aryl methyl sites for hydroxylation is 4. The van der Waals surface area contributed by atoms with Crippen LogP contribution in [0.1, 0.15) is 111 Å². The van der Waals surface area contributed by atoms with Gasteiger partial charge in [-0.15, -0.1) is 0 Å². The van der Waals surface area contributed by atoms with Crippen LogP contribution in [0.4, 0.5) is 0 Å². The highest BCUT2D eigenvalue weighted by atomic mass is 14.4. The maximum atomic E-state index is 2.53. The first-order valence-corrected chi connectivity index (χ1v) is 12.4. The van der Waals surface area contributed by atoms with Gasteiger partial charge in [-0.2, -0.15) is 0 Å². The van der Waals surface area contributed by atoms with Crippen molar-refractivity contribution in [3.63, 3.8) is 0 Å². The Bertz CT molecular complexity index is 1030. The zero-order valence-electron chi connectivity index (χ0n) is 22.0. The molecule has 170 valence electrons. The van der Waals surface area contributed by atoms with Crippen LogP contribution in [0.2, 0.25) is 0 Å². The zero-order valence-corrected chi connectivity index (χ0v) is 22.0. The molecule has 0 spiro atoms. The fraction of sp³-hybridized carbons (Fsp3) is 0.500. The Labute approximate surface area is 196 Å². The number of hydrogen-bond donors (Lipinski definition) is 0. The van der Waals surface area contributed by atoms with E-state index in [1.807, 2.05) is 0 Å². The first-order chi connectivity index (χ1) is 14.8. The molecule has 0 heterocycles. The Kier molecular flexibility index (Phi) is 5.60. The largest absolute Gasteiger partial charge is 0.0587 e. The second-order valence-corrected chi connectivity index (χ2v) is 12.4. The van der Waals surface area contributed by atoms with Gasteiger partial charge in [0.1, 0.15) is 0 Å². The van der Waals surface area contributed by atoms with Crippen molar-refractivity contribution in [1.29, 1.82) is 0 Å². The van der Waals surface area contributed by atoms with Crippen LogP contribution < -0.4 is 0 Å². The summed E-state index contributed by atoms with van der Waals surface area (Å²) in [5.74, 6) is 1.06. The Hall–Kier alpha value is -2.08. The van der Waals surface area contributed by atoms with E-state index in [2.05, 4.69) is 106 Å². The lowest BCUT2D eigenvalue weighted by atomic mass is 9.72. The summed E-state index contributed by atoms with van der Waals surface area (Å²) in [6.07, 6.45) is 7.48. The minimum absolute atomic E-state index is 0.186. The summed E-state index contributed by atoms with van der Waals surface area (Å²) in [5, 5.41) is 0. The van der Waals surface area contributed by atoms with E-state index < -0.39 is 0 Å². The normalized spacial score (nSPS) is 20.2. The molecule has 2 unspecified atom stereocenters. The maximum Gasteiger partial charge on any atom is 0.00657 e. The Balaban J connectivity index is 1.75. The molecule has 0 radical (unpaired) electrons. The average Bonchev–Trinajstić information content (AvgIpc) is 3.26. The fourth-order valence-corrected chi connectivity index (χ4v) is 6.25. The zero-order chi connectivity index (χ0) is 23.6. The fourth-order valence-electron chi connectivity index (χ4n) is 6.25. The summed E-state index contributed by atoms with van der Waals surface area (Å²) in [6.45, 7) is 23.5. The molecule has 0 saturated heterocycles. The molecule has 4 rings (SSSR count). The van der Waals surface area contributed by atoms with Crippen molar-refractivity contribution >= 4 is 12.2 Å². The first-order valence-electron chi connectivity index (χ1n) is 12.4. The number of benzene rings is 2. The van der Waals surface area contributed by atoms with Gasteiger partial charge in [0.2, 0.25) is 0 Å². The third-order valence-electron chi connectivity index (χ3n) is 7.97. The molecule has 2 atom stereocenters. The van der Waals surface area contributed by atoms with Crippen molar-refractivity contribution in [1.82, 2.24) is 0 Å². The Morgan fingerprint density at radius 2 is 0.844 bits per heavy atom. The van der Waals surface area contributed by atoms with Crippen molar-refractivity contribution in [2.24, 2.45) is 10.8 Å². The molecule has 0 N–H and O–H groups in total. The first kappa shape index (κ1) is 23.1. The van der Waals surface area contributed by atoms with Crippen LogP contribution in [0.15, 0.2) is 35.4 Å². The molecule has 0 amide bonds. The molecule has 2 aliphatic rings. The molecule has 0 nitrogen and oxygen atoms in total. The minimum atomic E-state index is 0.186. The van der Waals surface area contributed by atoms with Gasteiger partial charge >= 0.3 is 0 Å². The summed E-state index contributed by atoms with van der Waals surface area (Å²) in [7, 11) is 0. The standard InChI is InChI=1S/C32H42/c1-19-11-13-21(3)29-23(27(17-25(19)29)31(5,6)7)15-16-24-28(32(8,9)10)18-26-20(2)12-14-22(4)30(24)26/h11-14,17-18,23-24H,15-16H2,1-10H3. The van der Waals surface area contributed by atoms with E-state index in [4.69, 9.17) is 0 Å². The second-order valence-electron chi connectivity index (χ2n) is 12.4. The smallest absolute Gasteiger partial charge is 0.00657 e. The highest BCUT2D eigenvalue weighted by Gasteiger charge is 2.38. The lowest BCUT2D eigenvalue weighted by Crippen LogP contribution is -2.18. The van der Waals surface area contributed by atoms with Gasteiger partial charge in [-0.1, -0.05) is 89.1 Å². The molecule has 0 bridgehead atoms. The van der Waals surface area contributed by atoms with E-state index in [-0.39, 0.29) is 10.8 Å². The van der Waals surface area contributed by atoms with Crippen molar-refractivity contribution in [3.05, 3.63) is 79.9 Å². The third-order valence-corrected chi connectivity index (χ3v) is 7.97. The molecule has 0 aromatic heterocycles. The third kappa shape index (κ3) is 3.81. The maximum absolute atomic E-state index is 2.53. The van der Waals surface area contributed by atoms with Crippen molar-refractivity contribution < 1.29 is 0 Å². The molecule has 32 heavy (non-hydrogen) atoms. The number of hydrogen-bond acceptors (Lipinski definition) is 0. The molecule has 0 saturated carbocycles. The van der Waals surface area contributed by atoms with Gasteiger partial charge in [0.25, 0.3) is 0 Å². The summed E-state index contributed by atoms with van der Waals surface area (Å²) in [5.41, 5.74) is 15.5. The molecular weight excluding hydrogens is 384 g/mol. The van der Waals surface area contributed by atoms with Gasteiger partial charge in [0.05, 0.1) is 0 Å². The van der Waals surface area contributed by atoms with Gasteiger partial charge in [-0.25, -0.2) is 0 Å². The molecule has 2 aromatic carbocycles. The van der Waals surface area contributed by atoms with Gasteiger partial charge in [-0.05, 0) is 95.9 Å². The number of allylic oxidation sites excluding steroid dienone is 2. The summed E-state index contributed by atoms with van der Waals surface area (Å²) < 4.78 is 0. The highest BCUT2D eigenvalue weighted by Crippen LogP contribution is 2.53. The van der Waals surface area contributed by atoms with E-state index in [0.29, 0.717) is 11.8 Å². The predicted molar refractivity (Wildman–Crippen MR) is 141 cm³/mol. The quantitative estimate of drug-likeness (QED) is 0.458. The minimum Gasteiger partial charge on any atom is -0.0587 e. The van der Waals surface area contributed by atoms with Crippen LogP contribution in [0.5, 0.6) is 0 Å². The van der Waals surface area contributed by atoms with Gasteiger partial charge in [0.15, 0.2) is 0 Å². The summed E-state index contributed by atoms with van der Waals surface area (Å²) >= 11 is 0. The van der Waals surface area contributed by atoms with Crippen molar-refractivity contribution in [2.45, 2.75) is 93.9 Å². The molecule has 0 heteroatoms. The molecule has 2 aliphatic carbocycles. The van der Waals surface area contributed by atoms with Crippen LogP contribution in [0.3, 0.4) is 0 Å². The second kappa shape index (κ2) is 7.75. The summed E-state index contributed by atoms with van der Waals surface area (Å²) in [4.78, 5) is 0. The SMILES string of the molecule is Cc1ccc(C)c2c1C=C(C(C)(C)C)C2CCC1C(C(C)(C)C)=Cc2c(C)ccc(C)c21. The monoisotopic (exact) mass is 426 g/mol. The topological polar surface area (TPSA) is 0 Å². The van der Waals surface area contributed by atoms with Crippen LogP contribution in [-0.2, 0) is 0 Å². The predicted octanol–water partition coefficient (Wildman–Crippen LogP) is 9.45. The Morgan fingerprint density at radius 1 is 0.531 bits per heavy atom. The highest BCUT2D eigenvalue weighted by molar-refractivity contribution is 5.73. The lowest BCUT2D eigenvalue weighted by Gasteiger charge is -2.32. The lowest BCUT2D eigenvalue weighted by molar-refractivity contribution is 0.429. The molecule has 0 aliphatic heterocycles. The molecule has 0 fully saturated rings. The van der Waals surface area contributed by atoms with E-state index >= 15 is 0 Å². The van der Waals surface area contributed by atoms with E-state index in [9.17, 15) is 0 Å². The summed E-state index contributed by atoms with van der Waals surface area (Å²) in [6, 6.07) is 9.26. The van der Waals surface area contributed by atoms with Crippen LogP contribution >= 0.6 is 0 Å². The number of rotatable bonds is 3. The van der Waals surface area contributed by atoms with Gasteiger partial charge < -0.3 is 0 Å². The Morgan fingerprint density at radius 3 is 1.16 bits per heavy atom. The van der Waals surface area contributed by atoms with Gasteiger partial charge in [0, 0.05) is 11.8 Å². The van der Waals surface area contributed by atoms with Gasteiger partial charge in [-0.3, -0.25) is 0 Å². The van der Waals surface area contributed by atoms with E-state index in [0.717, 1.165) is 0 Å². The van der Waals surface area contributed by atoms with E-state index in [1.165, 1.54) is 46.2 Å². The van der Waals surface area contributed by atoms with Crippen molar-refractivity contribution in [3.8, 4) is 0 Å². The number of fused-ring (bicyclic) bond motifs is 2. The van der Waals surface area contributed by atoms with Crippen LogP contribution in [0, 0.1) is 38.5 Å². The van der Waals surface area contributed by atoms with Crippen LogP contribution in [-0.4, -0.2) is 0 Å². The average molecular weight is 427 g/mol. The molecule has 2 aromatic rings. The van der Waals surface area contributed by atoms with Crippen molar-refractivity contribution in [2.75, 3.05) is 0 Å². The van der Waals surface area contributed by atoms with E-state index in [1.54, 1.807) is 22.3 Å². The van der Waals surface area contributed by atoms with Crippen LogP contribution in [0.25, 0.3) is 12.2 Å².